The van der Waals surface area contributed by atoms with Crippen molar-refractivity contribution in [1.29, 1.82) is 0 Å². The fraction of sp³-hybridized carbons (Fsp3) is 0.667. The van der Waals surface area contributed by atoms with Gasteiger partial charge in [-0.1, -0.05) is 0 Å². The van der Waals surface area contributed by atoms with Crippen LogP contribution in [0.5, 0.6) is 0 Å². The summed E-state index contributed by atoms with van der Waals surface area (Å²) in [5.41, 5.74) is 0. The number of anilines is 1. The van der Waals surface area contributed by atoms with E-state index in [0.29, 0.717) is 13.1 Å². The summed E-state index contributed by atoms with van der Waals surface area (Å²) in [6.07, 6.45) is 1.68. The molecule has 0 amide bonds. The summed E-state index contributed by atoms with van der Waals surface area (Å²) >= 11 is 1.56. The maximum Gasteiger partial charge on any atom is 0.251 e. The Morgan fingerprint density at radius 3 is 2.57 bits per heavy atom. The summed E-state index contributed by atoms with van der Waals surface area (Å²) in [7, 11) is 0. The standard InChI is InChI=1S/C9H12F2N2S/c1-7-6-12-8(14-7)13-4-2-9(10,11)3-5-13/h6H,2-5H2,1H3. The lowest BCUT2D eigenvalue weighted by Crippen LogP contribution is -2.39. The van der Waals surface area contributed by atoms with Gasteiger partial charge in [0.15, 0.2) is 5.13 Å². The van der Waals surface area contributed by atoms with Crippen molar-refractivity contribution in [3.8, 4) is 0 Å². The van der Waals surface area contributed by atoms with E-state index < -0.39 is 5.92 Å². The number of rotatable bonds is 1. The van der Waals surface area contributed by atoms with Gasteiger partial charge in [0.1, 0.15) is 0 Å². The zero-order valence-electron chi connectivity index (χ0n) is 7.96. The van der Waals surface area contributed by atoms with E-state index in [1.165, 1.54) is 0 Å². The van der Waals surface area contributed by atoms with E-state index in [2.05, 4.69) is 4.98 Å². The second-order valence-corrected chi connectivity index (χ2v) is 4.81. The van der Waals surface area contributed by atoms with Gasteiger partial charge in [-0.25, -0.2) is 13.8 Å². The van der Waals surface area contributed by atoms with Gasteiger partial charge in [0.2, 0.25) is 0 Å². The van der Waals surface area contributed by atoms with E-state index in [-0.39, 0.29) is 12.8 Å². The molecule has 0 unspecified atom stereocenters. The Labute approximate surface area is 85.6 Å². The monoisotopic (exact) mass is 218 g/mol. The quantitative estimate of drug-likeness (QED) is 0.720. The molecule has 0 aliphatic carbocycles. The molecule has 2 rings (SSSR count). The molecule has 0 spiro atoms. The predicted molar refractivity (Wildman–Crippen MR) is 53.2 cm³/mol. The number of alkyl halides is 2. The Balaban J connectivity index is 2.02. The largest absolute Gasteiger partial charge is 0.348 e. The van der Waals surface area contributed by atoms with Crippen molar-refractivity contribution in [1.82, 2.24) is 4.98 Å². The van der Waals surface area contributed by atoms with Gasteiger partial charge in [0, 0.05) is 37.0 Å². The highest BCUT2D eigenvalue weighted by Crippen LogP contribution is 2.31. The van der Waals surface area contributed by atoms with Crippen LogP contribution in [0.4, 0.5) is 13.9 Å². The van der Waals surface area contributed by atoms with Crippen LogP contribution in [-0.2, 0) is 0 Å². The van der Waals surface area contributed by atoms with E-state index in [1.54, 1.807) is 17.5 Å². The smallest absolute Gasteiger partial charge is 0.251 e. The number of aromatic nitrogens is 1. The fourth-order valence-corrected chi connectivity index (χ4v) is 2.32. The molecular formula is C9H12F2N2S. The first-order chi connectivity index (χ1) is 6.57. The highest BCUT2D eigenvalue weighted by molar-refractivity contribution is 7.15. The Kier molecular flexibility index (Phi) is 2.43. The molecule has 14 heavy (non-hydrogen) atoms. The maximum absolute atomic E-state index is 12.9. The molecule has 1 aliphatic heterocycles. The van der Waals surface area contributed by atoms with Gasteiger partial charge in [-0.2, -0.15) is 0 Å². The second-order valence-electron chi connectivity index (χ2n) is 3.60. The Morgan fingerprint density at radius 2 is 2.07 bits per heavy atom. The Hall–Kier alpha value is -0.710. The van der Waals surface area contributed by atoms with Crippen molar-refractivity contribution in [2.24, 2.45) is 0 Å². The molecule has 0 saturated carbocycles. The van der Waals surface area contributed by atoms with Crippen LogP contribution in [0.25, 0.3) is 0 Å². The van der Waals surface area contributed by atoms with Gasteiger partial charge in [0.05, 0.1) is 0 Å². The third-order valence-corrected chi connectivity index (χ3v) is 3.35. The van der Waals surface area contributed by atoms with E-state index in [0.717, 1.165) is 10.0 Å². The van der Waals surface area contributed by atoms with Crippen molar-refractivity contribution in [3.63, 3.8) is 0 Å². The van der Waals surface area contributed by atoms with E-state index in [9.17, 15) is 8.78 Å². The summed E-state index contributed by atoms with van der Waals surface area (Å²) in [4.78, 5) is 7.25. The predicted octanol–water partition coefficient (Wildman–Crippen LogP) is 2.69. The molecule has 2 heterocycles. The summed E-state index contributed by atoms with van der Waals surface area (Å²) in [6.45, 7) is 2.81. The van der Waals surface area contributed by atoms with Crippen LogP contribution in [0.15, 0.2) is 6.20 Å². The minimum absolute atomic E-state index is 0.0500. The van der Waals surface area contributed by atoms with Gasteiger partial charge >= 0.3 is 0 Å². The molecular weight excluding hydrogens is 206 g/mol. The number of aryl methyl sites for hydroxylation is 1. The Bertz CT molecular complexity index is 314. The van der Waals surface area contributed by atoms with Crippen LogP contribution in [0.2, 0.25) is 0 Å². The number of hydrogen-bond acceptors (Lipinski definition) is 3. The average Bonchev–Trinajstić information content (AvgIpc) is 2.52. The van der Waals surface area contributed by atoms with Gasteiger partial charge in [-0.05, 0) is 6.92 Å². The summed E-state index contributed by atoms with van der Waals surface area (Å²) < 4.78 is 25.7. The second kappa shape index (κ2) is 3.46. The third-order valence-electron chi connectivity index (χ3n) is 2.37. The highest BCUT2D eigenvalue weighted by atomic mass is 32.1. The molecule has 1 aromatic heterocycles. The van der Waals surface area contributed by atoms with Crippen LogP contribution in [-0.4, -0.2) is 24.0 Å². The number of halogens is 2. The molecule has 0 aromatic carbocycles. The first-order valence-electron chi connectivity index (χ1n) is 4.62. The van der Waals surface area contributed by atoms with Gasteiger partial charge < -0.3 is 4.90 Å². The van der Waals surface area contributed by atoms with Crippen molar-refractivity contribution >= 4 is 16.5 Å². The van der Waals surface area contributed by atoms with Crippen molar-refractivity contribution in [2.45, 2.75) is 25.7 Å². The fourth-order valence-electron chi connectivity index (χ4n) is 1.51. The molecule has 78 valence electrons. The zero-order chi connectivity index (χ0) is 10.2. The minimum atomic E-state index is -2.47. The van der Waals surface area contributed by atoms with E-state index in [4.69, 9.17) is 0 Å². The highest BCUT2D eigenvalue weighted by Gasteiger charge is 2.34. The molecule has 0 bridgehead atoms. The van der Waals surface area contributed by atoms with Crippen molar-refractivity contribution in [3.05, 3.63) is 11.1 Å². The lowest BCUT2D eigenvalue weighted by atomic mass is 10.1. The first-order valence-corrected chi connectivity index (χ1v) is 5.44. The van der Waals surface area contributed by atoms with E-state index in [1.807, 2.05) is 11.8 Å². The van der Waals surface area contributed by atoms with Crippen LogP contribution in [0.3, 0.4) is 0 Å². The molecule has 0 atom stereocenters. The lowest BCUT2D eigenvalue weighted by molar-refractivity contribution is -0.0220. The molecule has 1 aromatic rings. The number of thiazole rings is 1. The van der Waals surface area contributed by atoms with Crippen LogP contribution in [0.1, 0.15) is 17.7 Å². The van der Waals surface area contributed by atoms with Crippen LogP contribution in [0, 0.1) is 6.92 Å². The average molecular weight is 218 g/mol. The summed E-state index contributed by atoms with van der Waals surface area (Å²) in [6, 6.07) is 0. The number of nitrogens with zero attached hydrogens (tertiary/aromatic N) is 2. The van der Waals surface area contributed by atoms with Crippen molar-refractivity contribution < 1.29 is 8.78 Å². The number of piperidine rings is 1. The molecule has 5 heteroatoms. The van der Waals surface area contributed by atoms with Gasteiger partial charge in [-0.15, -0.1) is 11.3 Å². The SMILES string of the molecule is Cc1cnc(N2CCC(F)(F)CC2)s1. The zero-order valence-corrected chi connectivity index (χ0v) is 8.78. The topological polar surface area (TPSA) is 16.1 Å². The lowest BCUT2D eigenvalue weighted by Gasteiger charge is -2.31. The molecule has 0 N–H and O–H groups in total. The number of hydrogen-bond donors (Lipinski definition) is 0. The van der Waals surface area contributed by atoms with Crippen LogP contribution >= 0.6 is 11.3 Å². The maximum atomic E-state index is 12.9. The Morgan fingerprint density at radius 1 is 1.43 bits per heavy atom. The van der Waals surface area contributed by atoms with Gasteiger partial charge in [0.25, 0.3) is 5.92 Å². The van der Waals surface area contributed by atoms with Crippen molar-refractivity contribution in [2.75, 3.05) is 18.0 Å². The third kappa shape index (κ3) is 2.03. The molecule has 2 nitrogen and oxygen atoms in total. The van der Waals surface area contributed by atoms with Crippen LogP contribution < -0.4 is 4.90 Å². The minimum Gasteiger partial charge on any atom is -0.348 e. The van der Waals surface area contributed by atoms with E-state index >= 15 is 0 Å². The first kappa shape index (κ1) is 9.83. The normalized spacial score (nSPS) is 21.2. The van der Waals surface area contributed by atoms with Gasteiger partial charge in [-0.3, -0.25) is 0 Å². The summed E-state index contributed by atoms with van der Waals surface area (Å²) in [5.74, 6) is -2.47. The molecule has 1 fully saturated rings. The molecule has 0 radical (unpaired) electrons. The molecule has 1 aliphatic rings. The summed E-state index contributed by atoms with van der Waals surface area (Å²) in [5, 5.41) is 0.873. The molecule has 1 saturated heterocycles.